The van der Waals surface area contributed by atoms with Crippen LogP contribution in [0.2, 0.25) is 0 Å². The maximum absolute atomic E-state index is 5.57. The fourth-order valence-corrected chi connectivity index (χ4v) is 1.96. The first-order valence-electron chi connectivity index (χ1n) is 5.86. The number of fused-ring (bicyclic) bond motifs is 1. The van der Waals surface area contributed by atoms with Crippen molar-refractivity contribution in [1.82, 2.24) is 9.97 Å². The number of nitrogen functional groups attached to an aromatic ring is 1. The van der Waals surface area contributed by atoms with Gasteiger partial charge in [0, 0.05) is 23.7 Å². The molecule has 0 atom stereocenters. The predicted octanol–water partition coefficient (Wildman–Crippen LogP) is 2.80. The van der Waals surface area contributed by atoms with E-state index in [1.807, 2.05) is 30.3 Å². The van der Waals surface area contributed by atoms with Crippen molar-refractivity contribution >= 4 is 16.7 Å². The van der Waals surface area contributed by atoms with Crippen molar-refractivity contribution in [3.8, 4) is 0 Å². The largest absolute Gasteiger partial charge is 0.384 e. The van der Waals surface area contributed by atoms with Crippen LogP contribution < -0.4 is 5.73 Å². The van der Waals surface area contributed by atoms with E-state index in [4.69, 9.17) is 5.73 Å². The molecule has 0 radical (unpaired) electrons. The zero-order valence-electron chi connectivity index (χ0n) is 9.88. The molecular formula is C15H13N3. The Morgan fingerprint density at radius 3 is 2.67 bits per heavy atom. The molecule has 3 nitrogen and oxygen atoms in total. The topological polar surface area (TPSA) is 51.8 Å². The van der Waals surface area contributed by atoms with Crippen molar-refractivity contribution < 1.29 is 0 Å². The highest BCUT2D eigenvalue weighted by molar-refractivity contribution is 5.78. The van der Waals surface area contributed by atoms with Crippen LogP contribution in [0.15, 0.2) is 54.7 Å². The molecule has 0 fully saturated rings. The van der Waals surface area contributed by atoms with Crippen molar-refractivity contribution in [1.29, 1.82) is 0 Å². The molecule has 88 valence electrons. The van der Waals surface area contributed by atoms with Gasteiger partial charge in [-0.3, -0.25) is 4.98 Å². The summed E-state index contributed by atoms with van der Waals surface area (Å²) >= 11 is 0. The Bertz CT molecular complexity index is 675. The van der Waals surface area contributed by atoms with E-state index in [2.05, 4.69) is 28.2 Å². The number of pyridine rings is 2. The fourth-order valence-electron chi connectivity index (χ4n) is 1.96. The molecule has 0 spiro atoms. The molecule has 2 N–H and O–H groups in total. The van der Waals surface area contributed by atoms with Gasteiger partial charge in [0.15, 0.2) is 0 Å². The summed E-state index contributed by atoms with van der Waals surface area (Å²) in [6, 6.07) is 16.1. The SMILES string of the molecule is Nc1ccc(Cc2ccc3ccccc3n2)cn1. The monoisotopic (exact) mass is 235 g/mol. The van der Waals surface area contributed by atoms with Crippen LogP contribution >= 0.6 is 0 Å². The number of hydrogen-bond donors (Lipinski definition) is 1. The van der Waals surface area contributed by atoms with Gasteiger partial charge in [0.05, 0.1) is 5.52 Å². The lowest BCUT2D eigenvalue weighted by Gasteiger charge is -2.03. The van der Waals surface area contributed by atoms with Crippen molar-refractivity contribution in [2.45, 2.75) is 6.42 Å². The van der Waals surface area contributed by atoms with E-state index in [-0.39, 0.29) is 0 Å². The Kier molecular flexibility index (Phi) is 2.65. The highest BCUT2D eigenvalue weighted by Crippen LogP contribution is 2.14. The van der Waals surface area contributed by atoms with E-state index < -0.39 is 0 Å². The number of hydrogen-bond acceptors (Lipinski definition) is 3. The molecule has 0 amide bonds. The smallest absolute Gasteiger partial charge is 0.123 e. The minimum Gasteiger partial charge on any atom is -0.384 e. The molecule has 18 heavy (non-hydrogen) atoms. The molecule has 0 aliphatic heterocycles. The van der Waals surface area contributed by atoms with E-state index in [0.717, 1.165) is 28.6 Å². The van der Waals surface area contributed by atoms with Gasteiger partial charge in [0.25, 0.3) is 0 Å². The molecule has 3 rings (SSSR count). The van der Waals surface area contributed by atoms with Crippen molar-refractivity contribution in [2.24, 2.45) is 0 Å². The summed E-state index contributed by atoms with van der Waals surface area (Å²) in [5, 5.41) is 1.16. The van der Waals surface area contributed by atoms with E-state index in [1.54, 1.807) is 6.20 Å². The first kappa shape index (κ1) is 10.7. The molecule has 0 aliphatic carbocycles. The summed E-state index contributed by atoms with van der Waals surface area (Å²) in [5.41, 5.74) is 8.75. The number of nitrogens with two attached hydrogens (primary N) is 1. The molecule has 0 bridgehead atoms. The zero-order chi connectivity index (χ0) is 12.4. The Morgan fingerprint density at radius 1 is 0.944 bits per heavy atom. The van der Waals surface area contributed by atoms with Crippen LogP contribution in [0.25, 0.3) is 10.9 Å². The van der Waals surface area contributed by atoms with Crippen LogP contribution in [0.5, 0.6) is 0 Å². The van der Waals surface area contributed by atoms with Gasteiger partial charge in [-0.15, -0.1) is 0 Å². The second-order valence-electron chi connectivity index (χ2n) is 4.26. The first-order valence-corrected chi connectivity index (χ1v) is 5.86. The third-order valence-electron chi connectivity index (χ3n) is 2.89. The number of para-hydroxylation sites is 1. The van der Waals surface area contributed by atoms with E-state index in [9.17, 15) is 0 Å². The summed E-state index contributed by atoms with van der Waals surface area (Å²) in [6.45, 7) is 0. The Balaban J connectivity index is 1.92. The maximum atomic E-state index is 5.57. The molecule has 0 unspecified atom stereocenters. The third-order valence-corrected chi connectivity index (χ3v) is 2.89. The summed E-state index contributed by atoms with van der Waals surface area (Å²) in [4.78, 5) is 8.72. The number of rotatable bonds is 2. The molecule has 1 aromatic carbocycles. The minimum atomic E-state index is 0.547. The Hall–Kier alpha value is -2.42. The van der Waals surface area contributed by atoms with E-state index in [1.165, 1.54) is 0 Å². The van der Waals surface area contributed by atoms with Crippen molar-refractivity contribution in [3.63, 3.8) is 0 Å². The first-order chi connectivity index (χ1) is 8.81. The number of anilines is 1. The van der Waals surface area contributed by atoms with Crippen LogP contribution in [-0.2, 0) is 6.42 Å². The zero-order valence-corrected chi connectivity index (χ0v) is 9.88. The molecule has 3 heteroatoms. The maximum Gasteiger partial charge on any atom is 0.123 e. The average Bonchev–Trinajstić information content (AvgIpc) is 2.41. The molecular weight excluding hydrogens is 222 g/mol. The van der Waals surface area contributed by atoms with E-state index >= 15 is 0 Å². The molecule has 2 aromatic heterocycles. The molecule has 0 saturated heterocycles. The lowest BCUT2D eigenvalue weighted by Crippen LogP contribution is -1.95. The summed E-state index contributed by atoms with van der Waals surface area (Å²) in [7, 11) is 0. The van der Waals surface area contributed by atoms with Gasteiger partial charge in [-0.05, 0) is 23.8 Å². The summed E-state index contributed by atoms with van der Waals surface area (Å²) in [6.07, 6.45) is 2.57. The molecule has 0 saturated carbocycles. The Labute approximate surface area is 105 Å². The second kappa shape index (κ2) is 4.45. The van der Waals surface area contributed by atoms with Gasteiger partial charge in [0.1, 0.15) is 5.82 Å². The average molecular weight is 235 g/mol. The summed E-state index contributed by atoms with van der Waals surface area (Å²) < 4.78 is 0. The van der Waals surface area contributed by atoms with Gasteiger partial charge < -0.3 is 5.73 Å². The van der Waals surface area contributed by atoms with Crippen molar-refractivity contribution in [3.05, 3.63) is 66.0 Å². The van der Waals surface area contributed by atoms with E-state index in [0.29, 0.717) is 5.82 Å². The molecule has 2 heterocycles. The van der Waals surface area contributed by atoms with Crippen LogP contribution in [0.1, 0.15) is 11.3 Å². The van der Waals surface area contributed by atoms with Crippen LogP contribution in [0, 0.1) is 0 Å². The fraction of sp³-hybridized carbons (Fsp3) is 0.0667. The number of benzene rings is 1. The highest BCUT2D eigenvalue weighted by Gasteiger charge is 2.00. The van der Waals surface area contributed by atoms with Crippen LogP contribution in [-0.4, -0.2) is 9.97 Å². The van der Waals surface area contributed by atoms with Crippen molar-refractivity contribution in [2.75, 3.05) is 5.73 Å². The van der Waals surface area contributed by atoms with Gasteiger partial charge in [-0.25, -0.2) is 4.98 Å². The van der Waals surface area contributed by atoms with Gasteiger partial charge in [-0.1, -0.05) is 30.3 Å². The molecule has 3 aromatic rings. The quantitative estimate of drug-likeness (QED) is 0.743. The van der Waals surface area contributed by atoms with Gasteiger partial charge in [-0.2, -0.15) is 0 Å². The van der Waals surface area contributed by atoms with Crippen LogP contribution in [0.3, 0.4) is 0 Å². The minimum absolute atomic E-state index is 0.547. The number of aromatic nitrogens is 2. The highest BCUT2D eigenvalue weighted by atomic mass is 14.8. The van der Waals surface area contributed by atoms with Crippen LogP contribution in [0.4, 0.5) is 5.82 Å². The van der Waals surface area contributed by atoms with Gasteiger partial charge >= 0.3 is 0 Å². The lowest BCUT2D eigenvalue weighted by atomic mass is 10.1. The summed E-state index contributed by atoms with van der Waals surface area (Å²) in [5.74, 6) is 0.547. The second-order valence-corrected chi connectivity index (χ2v) is 4.26. The third kappa shape index (κ3) is 2.15. The normalized spacial score (nSPS) is 10.7. The lowest BCUT2D eigenvalue weighted by molar-refractivity contribution is 1.08. The predicted molar refractivity (Wildman–Crippen MR) is 73.2 cm³/mol. The Morgan fingerprint density at radius 2 is 1.83 bits per heavy atom. The van der Waals surface area contributed by atoms with Gasteiger partial charge in [0.2, 0.25) is 0 Å². The number of nitrogens with zero attached hydrogens (tertiary/aromatic N) is 2. The standard InChI is InChI=1S/C15H13N3/c16-15-8-5-11(10-17-15)9-13-7-6-12-3-1-2-4-14(12)18-13/h1-8,10H,9H2,(H2,16,17). The molecule has 0 aliphatic rings.